The third-order valence-electron chi connectivity index (χ3n) is 8.88. The molecule has 32 heavy (non-hydrogen) atoms. The van der Waals surface area contributed by atoms with E-state index in [9.17, 15) is 14.7 Å². The Morgan fingerprint density at radius 2 is 1.50 bits per heavy atom. The number of piperidine rings is 2. The van der Waals surface area contributed by atoms with Crippen LogP contribution in [0, 0.1) is 11.8 Å². The van der Waals surface area contributed by atoms with E-state index in [2.05, 4.69) is 9.88 Å². The summed E-state index contributed by atoms with van der Waals surface area (Å²) in [7, 11) is 0. The van der Waals surface area contributed by atoms with E-state index in [-0.39, 0.29) is 6.04 Å². The van der Waals surface area contributed by atoms with Crippen molar-refractivity contribution in [2.75, 3.05) is 0 Å². The topological polar surface area (TPSA) is 78.3 Å². The summed E-state index contributed by atoms with van der Waals surface area (Å²) in [6.07, 6.45) is 13.8. The van der Waals surface area contributed by atoms with Gasteiger partial charge in [-0.3, -0.25) is 9.69 Å². The van der Waals surface area contributed by atoms with Crippen molar-refractivity contribution in [2.24, 2.45) is 11.8 Å². The van der Waals surface area contributed by atoms with Crippen LogP contribution in [0.15, 0.2) is 29.1 Å². The van der Waals surface area contributed by atoms with Crippen molar-refractivity contribution in [3.05, 3.63) is 40.3 Å². The first-order chi connectivity index (χ1) is 15.6. The van der Waals surface area contributed by atoms with Crippen molar-refractivity contribution in [1.29, 1.82) is 0 Å². The lowest BCUT2D eigenvalue weighted by molar-refractivity contribution is -0.255. The van der Waals surface area contributed by atoms with E-state index in [1.165, 1.54) is 57.8 Å². The standard InChI is InChI=1S/C26H33N3O3/c30-25-24(26(31)32)27-22-9-1-2-10-23(22)29(25)21-14-18-7-4-8-19(15-21)28(18)20-12-16-5-3-6-17(11-16)13-20/h1-2,9-10,16-21H,3-8,11-15H2,(H,31,32)/p-1/t16?,17?,18-,19+,20?,21?. The lowest BCUT2D eigenvalue weighted by Crippen LogP contribution is -2.58. The van der Waals surface area contributed by atoms with E-state index in [0.29, 0.717) is 23.6 Å². The van der Waals surface area contributed by atoms with Crippen LogP contribution in [-0.2, 0) is 0 Å². The zero-order valence-electron chi connectivity index (χ0n) is 18.6. The van der Waals surface area contributed by atoms with Crippen molar-refractivity contribution in [3.63, 3.8) is 0 Å². The normalized spacial score (nSPS) is 35.0. The van der Waals surface area contributed by atoms with Crippen molar-refractivity contribution in [3.8, 4) is 0 Å². The molecular weight excluding hydrogens is 402 g/mol. The minimum atomic E-state index is -1.49. The number of hydrogen-bond acceptors (Lipinski definition) is 5. The van der Waals surface area contributed by atoms with Crippen LogP contribution in [0.25, 0.3) is 11.0 Å². The summed E-state index contributed by atoms with van der Waals surface area (Å²) in [5.74, 6) is 0.326. The number of para-hydroxylation sites is 2. The van der Waals surface area contributed by atoms with Gasteiger partial charge in [0, 0.05) is 24.2 Å². The molecule has 1 aromatic carbocycles. The first-order valence-corrected chi connectivity index (χ1v) is 12.6. The average molecular weight is 435 g/mol. The van der Waals surface area contributed by atoms with Crippen molar-refractivity contribution in [1.82, 2.24) is 14.5 Å². The number of carbonyl (C=O) groups excluding carboxylic acids is 1. The van der Waals surface area contributed by atoms with Gasteiger partial charge < -0.3 is 14.5 Å². The lowest BCUT2D eigenvalue weighted by Gasteiger charge is -2.55. The highest BCUT2D eigenvalue weighted by Crippen LogP contribution is 2.47. The Balaban J connectivity index is 1.35. The molecule has 6 rings (SSSR count). The van der Waals surface area contributed by atoms with Crippen molar-refractivity contribution >= 4 is 17.0 Å². The first-order valence-electron chi connectivity index (χ1n) is 12.6. The number of hydrogen-bond donors (Lipinski definition) is 0. The fraction of sp³-hybridized carbons (Fsp3) is 0.654. The number of rotatable bonds is 3. The zero-order chi connectivity index (χ0) is 21.8. The molecular formula is C26H32N3O3-. The second-order valence-electron chi connectivity index (χ2n) is 10.7. The third kappa shape index (κ3) is 3.38. The molecule has 6 nitrogen and oxygen atoms in total. The molecule has 2 saturated carbocycles. The van der Waals surface area contributed by atoms with Gasteiger partial charge in [-0.15, -0.1) is 0 Å². The number of carboxylic acids is 1. The van der Waals surface area contributed by atoms with Gasteiger partial charge in [0.15, 0.2) is 5.69 Å². The highest BCUT2D eigenvalue weighted by Gasteiger charge is 2.45. The zero-order valence-corrected chi connectivity index (χ0v) is 18.6. The number of nitrogens with zero attached hydrogens (tertiary/aromatic N) is 3. The molecule has 0 amide bonds. The molecule has 2 aromatic rings. The highest BCUT2D eigenvalue weighted by atomic mass is 16.4. The molecule has 3 unspecified atom stereocenters. The van der Waals surface area contributed by atoms with Crippen LogP contribution in [0.4, 0.5) is 0 Å². The van der Waals surface area contributed by atoms with Crippen LogP contribution >= 0.6 is 0 Å². The number of carboxylic acid groups (broad SMARTS) is 1. The summed E-state index contributed by atoms with van der Waals surface area (Å²) in [6.45, 7) is 0. The monoisotopic (exact) mass is 434 g/mol. The SMILES string of the molecule is O=C([O-])c1nc2ccccc2n(C2C[C@H]3CCC[C@@H](C2)N3C2CC3CCCC(C3)C2)c1=O. The number of benzene rings is 1. The summed E-state index contributed by atoms with van der Waals surface area (Å²) in [4.78, 5) is 31.9. The van der Waals surface area contributed by atoms with Gasteiger partial charge in [-0.05, 0) is 68.9 Å². The maximum atomic E-state index is 13.2. The van der Waals surface area contributed by atoms with Crippen LogP contribution in [0.1, 0.15) is 87.2 Å². The van der Waals surface area contributed by atoms with Crippen LogP contribution < -0.4 is 10.7 Å². The Labute approximate surface area is 188 Å². The van der Waals surface area contributed by atoms with E-state index < -0.39 is 17.2 Å². The molecule has 4 aliphatic rings. The first kappa shape index (κ1) is 20.4. The molecule has 0 N–H and O–H groups in total. The van der Waals surface area contributed by atoms with Gasteiger partial charge in [0.2, 0.25) is 0 Å². The Kier molecular flexibility index (Phi) is 5.09. The van der Waals surface area contributed by atoms with Gasteiger partial charge >= 0.3 is 0 Å². The van der Waals surface area contributed by atoms with Gasteiger partial charge in [-0.1, -0.05) is 37.8 Å². The fourth-order valence-corrected chi connectivity index (χ4v) is 7.79. The summed E-state index contributed by atoms with van der Waals surface area (Å²) in [6, 6.07) is 9.10. The molecule has 3 heterocycles. The van der Waals surface area contributed by atoms with Gasteiger partial charge in [0.1, 0.15) is 0 Å². The maximum absolute atomic E-state index is 13.2. The Bertz CT molecular complexity index is 1070. The number of aromatic carboxylic acids is 1. The van der Waals surface area contributed by atoms with Crippen LogP contribution in [0.3, 0.4) is 0 Å². The van der Waals surface area contributed by atoms with Crippen LogP contribution in [0.5, 0.6) is 0 Å². The van der Waals surface area contributed by atoms with E-state index in [4.69, 9.17) is 0 Å². The lowest BCUT2D eigenvalue weighted by atomic mass is 9.68. The van der Waals surface area contributed by atoms with Gasteiger partial charge in [0.05, 0.1) is 17.0 Å². The minimum absolute atomic E-state index is 0.0168. The maximum Gasteiger partial charge on any atom is 0.279 e. The molecule has 6 heteroatoms. The molecule has 4 fully saturated rings. The number of aromatic nitrogens is 2. The molecule has 2 aliphatic heterocycles. The summed E-state index contributed by atoms with van der Waals surface area (Å²) < 4.78 is 1.74. The molecule has 0 spiro atoms. The molecule has 0 radical (unpaired) electrons. The molecule has 4 bridgehead atoms. The van der Waals surface area contributed by atoms with E-state index in [1.807, 2.05) is 18.2 Å². The van der Waals surface area contributed by atoms with Crippen LogP contribution in [0.2, 0.25) is 0 Å². The Morgan fingerprint density at radius 1 is 0.844 bits per heavy atom. The second kappa shape index (κ2) is 7.98. The number of fused-ring (bicyclic) bond motifs is 5. The van der Waals surface area contributed by atoms with Crippen molar-refractivity contribution in [2.45, 2.75) is 94.8 Å². The van der Waals surface area contributed by atoms with Gasteiger partial charge in [-0.25, -0.2) is 4.98 Å². The van der Waals surface area contributed by atoms with E-state index in [1.54, 1.807) is 10.6 Å². The predicted molar refractivity (Wildman–Crippen MR) is 120 cm³/mol. The third-order valence-corrected chi connectivity index (χ3v) is 8.88. The summed E-state index contributed by atoms with van der Waals surface area (Å²) in [5.41, 5.74) is 0.328. The van der Waals surface area contributed by atoms with Crippen molar-refractivity contribution < 1.29 is 9.90 Å². The summed E-state index contributed by atoms with van der Waals surface area (Å²) in [5, 5.41) is 11.7. The average Bonchev–Trinajstić information content (AvgIpc) is 2.77. The van der Waals surface area contributed by atoms with E-state index in [0.717, 1.165) is 30.2 Å². The quantitative estimate of drug-likeness (QED) is 0.741. The molecule has 2 aliphatic carbocycles. The molecule has 1 aromatic heterocycles. The minimum Gasteiger partial charge on any atom is -0.543 e. The Morgan fingerprint density at radius 3 is 2.19 bits per heavy atom. The number of carbonyl (C=O) groups is 1. The van der Waals surface area contributed by atoms with Gasteiger partial charge in [0.25, 0.3) is 5.56 Å². The smallest absolute Gasteiger partial charge is 0.279 e. The largest absolute Gasteiger partial charge is 0.543 e. The molecule has 2 saturated heterocycles. The van der Waals surface area contributed by atoms with E-state index >= 15 is 0 Å². The second-order valence-corrected chi connectivity index (χ2v) is 10.7. The van der Waals surface area contributed by atoms with Crippen LogP contribution in [-0.4, -0.2) is 38.5 Å². The highest BCUT2D eigenvalue weighted by molar-refractivity contribution is 5.86. The summed E-state index contributed by atoms with van der Waals surface area (Å²) >= 11 is 0. The fourth-order valence-electron chi connectivity index (χ4n) is 7.79. The van der Waals surface area contributed by atoms with Gasteiger partial charge in [-0.2, -0.15) is 0 Å². The Hall–Kier alpha value is -2.21. The predicted octanol–water partition coefficient (Wildman–Crippen LogP) is 3.29. The molecule has 5 atom stereocenters. The molecule has 170 valence electrons.